The van der Waals surface area contributed by atoms with Crippen LogP contribution in [0.4, 0.5) is 0 Å². The molecule has 0 aliphatic carbocycles. The molecule has 20 heavy (non-hydrogen) atoms. The Hall–Kier alpha value is -0.810. The van der Waals surface area contributed by atoms with Gasteiger partial charge in [-0.05, 0) is 19.9 Å². The first-order valence-corrected chi connectivity index (χ1v) is 7.41. The molecule has 0 spiro atoms. The zero-order valence-electron chi connectivity index (χ0n) is 12.3. The molecule has 4 nitrogen and oxygen atoms in total. The van der Waals surface area contributed by atoms with Crippen molar-refractivity contribution in [2.24, 2.45) is 0 Å². The van der Waals surface area contributed by atoms with Gasteiger partial charge in [-0.15, -0.1) is 0 Å². The molecule has 0 atom stereocenters. The number of halogens is 1. The lowest BCUT2D eigenvalue weighted by molar-refractivity contribution is 0.0794. The van der Waals surface area contributed by atoms with Gasteiger partial charge in [0.2, 0.25) is 0 Å². The molecule has 1 aromatic rings. The van der Waals surface area contributed by atoms with Gasteiger partial charge in [0.1, 0.15) is 5.75 Å². The lowest BCUT2D eigenvalue weighted by Crippen LogP contribution is -2.30. The van der Waals surface area contributed by atoms with Gasteiger partial charge in [0.15, 0.2) is 0 Å². The molecule has 0 bridgehead atoms. The summed E-state index contributed by atoms with van der Waals surface area (Å²) in [4.78, 5) is 2.19. The van der Waals surface area contributed by atoms with E-state index in [9.17, 15) is 5.11 Å². The van der Waals surface area contributed by atoms with E-state index in [4.69, 9.17) is 21.1 Å². The Kier molecular flexibility index (Phi) is 8.62. The highest BCUT2D eigenvalue weighted by Crippen LogP contribution is 2.27. The summed E-state index contributed by atoms with van der Waals surface area (Å²) in [6, 6.07) is 5.42. The monoisotopic (exact) mass is 301 g/mol. The number of ether oxygens (including phenoxy) is 2. The van der Waals surface area contributed by atoms with Gasteiger partial charge >= 0.3 is 0 Å². The molecule has 0 radical (unpaired) electrons. The molecule has 5 heteroatoms. The molecular weight excluding hydrogens is 278 g/mol. The van der Waals surface area contributed by atoms with Gasteiger partial charge in [0.05, 0.1) is 18.2 Å². The fraction of sp³-hybridized carbons (Fsp3) is 0.600. The summed E-state index contributed by atoms with van der Waals surface area (Å²) >= 11 is 5.93. The zero-order valence-corrected chi connectivity index (χ0v) is 13.0. The number of aromatic hydroxyl groups is 1. The molecule has 0 fully saturated rings. The van der Waals surface area contributed by atoms with Gasteiger partial charge in [-0.25, -0.2) is 0 Å². The normalized spacial score (nSPS) is 11.2. The second-order valence-electron chi connectivity index (χ2n) is 4.42. The van der Waals surface area contributed by atoms with Crippen LogP contribution in [-0.2, 0) is 16.0 Å². The number of phenols is 1. The van der Waals surface area contributed by atoms with E-state index in [0.29, 0.717) is 38.0 Å². The highest BCUT2D eigenvalue weighted by molar-refractivity contribution is 6.32. The minimum atomic E-state index is 0.159. The van der Waals surface area contributed by atoms with Crippen molar-refractivity contribution in [2.45, 2.75) is 20.4 Å². The molecule has 0 saturated heterocycles. The summed E-state index contributed by atoms with van der Waals surface area (Å²) in [5.41, 5.74) is 0.825. The van der Waals surface area contributed by atoms with E-state index in [1.807, 2.05) is 26.0 Å². The maximum absolute atomic E-state index is 9.97. The standard InChI is InChI=1S/C15H24ClNO3/c1-3-19-10-8-17(9-11-20-4-2)12-13-6-5-7-14(16)15(13)18/h5-7,18H,3-4,8-12H2,1-2H3. The van der Waals surface area contributed by atoms with Crippen molar-refractivity contribution < 1.29 is 14.6 Å². The quantitative estimate of drug-likeness (QED) is 0.675. The van der Waals surface area contributed by atoms with Crippen LogP contribution >= 0.6 is 11.6 Å². The van der Waals surface area contributed by atoms with E-state index in [1.54, 1.807) is 6.07 Å². The van der Waals surface area contributed by atoms with E-state index in [1.165, 1.54) is 0 Å². The number of nitrogens with zero attached hydrogens (tertiary/aromatic N) is 1. The topological polar surface area (TPSA) is 41.9 Å². The van der Waals surface area contributed by atoms with E-state index in [0.717, 1.165) is 18.7 Å². The second kappa shape index (κ2) is 10.00. The minimum absolute atomic E-state index is 0.159. The molecule has 1 aromatic carbocycles. The van der Waals surface area contributed by atoms with Gasteiger partial charge in [-0.1, -0.05) is 23.7 Å². The molecule has 0 aliphatic heterocycles. The summed E-state index contributed by atoms with van der Waals surface area (Å²) in [6.45, 7) is 8.95. The zero-order chi connectivity index (χ0) is 14.8. The number of hydrogen-bond donors (Lipinski definition) is 1. The average molecular weight is 302 g/mol. The van der Waals surface area contributed by atoms with Crippen LogP contribution in [0.1, 0.15) is 19.4 Å². The number of hydrogen-bond acceptors (Lipinski definition) is 4. The maximum Gasteiger partial charge on any atom is 0.138 e. The molecule has 0 heterocycles. The van der Waals surface area contributed by atoms with Crippen molar-refractivity contribution >= 4 is 11.6 Å². The fourth-order valence-corrected chi connectivity index (χ4v) is 2.07. The van der Waals surface area contributed by atoms with Crippen molar-refractivity contribution in [1.29, 1.82) is 0 Å². The molecule has 0 aliphatic rings. The third kappa shape index (κ3) is 6.09. The number of rotatable bonds is 10. The molecule has 1 rings (SSSR count). The summed E-state index contributed by atoms with van der Waals surface area (Å²) in [5.74, 6) is 0.159. The van der Waals surface area contributed by atoms with Crippen molar-refractivity contribution in [2.75, 3.05) is 39.5 Å². The van der Waals surface area contributed by atoms with Crippen LogP contribution in [-0.4, -0.2) is 49.5 Å². The van der Waals surface area contributed by atoms with Crippen molar-refractivity contribution in [1.82, 2.24) is 4.90 Å². The van der Waals surface area contributed by atoms with E-state index >= 15 is 0 Å². The summed E-state index contributed by atoms with van der Waals surface area (Å²) in [5, 5.41) is 10.4. The van der Waals surface area contributed by atoms with Gasteiger partial charge < -0.3 is 14.6 Å². The maximum atomic E-state index is 9.97. The Morgan fingerprint density at radius 1 is 1.10 bits per heavy atom. The number of phenolic OH excluding ortho intramolecular Hbond substituents is 1. The van der Waals surface area contributed by atoms with Crippen LogP contribution in [0.25, 0.3) is 0 Å². The molecule has 0 aromatic heterocycles. The van der Waals surface area contributed by atoms with Crippen molar-refractivity contribution in [3.8, 4) is 5.75 Å². The highest BCUT2D eigenvalue weighted by Gasteiger charge is 2.11. The van der Waals surface area contributed by atoms with Gasteiger partial charge in [-0.3, -0.25) is 4.90 Å². The molecule has 0 unspecified atom stereocenters. The van der Waals surface area contributed by atoms with Crippen molar-refractivity contribution in [3.05, 3.63) is 28.8 Å². The Balaban J connectivity index is 2.59. The number of benzene rings is 1. The predicted octanol–water partition coefficient (Wildman–Crippen LogP) is 2.92. The Morgan fingerprint density at radius 3 is 2.25 bits per heavy atom. The summed E-state index contributed by atoms with van der Waals surface area (Å²) in [7, 11) is 0. The highest BCUT2D eigenvalue weighted by atomic mass is 35.5. The van der Waals surface area contributed by atoms with Crippen LogP contribution in [0.2, 0.25) is 5.02 Å². The third-order valence-electron chi connectivity index (χ3n) is 2.98. The van der Waals surface area contributed by atoms with Crippen molar-refractivity contribution in [3.63, 3.8) is 0 Å². The largest absolute Gasteiger partial charge is 0.506 e. The Morgan fingerprint density at radius 2 is 1.70 bits per heavy atom. The van der Waals surface area contributed by atoms with E-state index in [-0.39, 0.29) is 5.75 Å². The number of para-hydroxylation sites is 1. The van der Waals surface area contributed by atoms with Crippen LogP contribution < -0.4 is 0 Å². The third-order valence-corrected chi connectivity index (χ3v) is 3.28. The molecule has 0 amide bonds. The average Bonchev–Trinajstić information content (AvgIpc) is 2.44. The Bertz CT molecular complexity index is 377. The first-order chi connectivity index (χ1) is 9.69. The molecule has 0 saturated carbocycles. The van der Waals surface area contributed by atoms with Crippen LogP contribution in [0.5, 0.6) is 5.75 Å². The molecule has 114 valence electrons. The molecular formula is C15H24ClNO3. The first-order valence-electron chi connectivity index (χ1n) is 7.03. The lowest BCUT2D eigenvalue weighted by Gasteiger charge is -2.22. The SMILES string of the molecule is CCOCCN(CCOCC)Cc1cccc(Cl)c1O. The van der Waals surface area contributed by atoms with Gasteiger partial charge in [-0.2, -0.15) is 0 Å². The minimum Gasteiger partial charge on any atom is -0.506 e. The summed E-state index contributed by atoms with van der Waals surface area (Å²) < 4.78 is 10.8. The van der Waals surface area contributed by atoms with Crippen LogP contribution in [0, 0.1) is 0 Å². The van der Waals surface area contributed by atoms with Gasteiger partial charge in [0, 0.05) is 38.4 Å². The smallest absolute Gasteiger partial charge is 0.138 e. The predicted molar refractivity (Wildman–Crippen MR) is 81.4 cm³/mol. The summed E-state index contributed by atoms with van der Waals surface area (Å²) in [6.07, 6.45) is 0. The van der Waals surface area contributed by atoms with Gasteiger partial charge in [0.25, 0.3) is 0 Å². The second-order valence-corrected chi connectivity index (χ2v) is 4.82. The van der Waals surface area contributed by atoms with E-state index < -0.39 is 0 Å². The lowest BCUT2D eigenvalue weighted by atomic mass is 10.2. The fourth-order valence-electron chi connectivity index (χ4n) is 1.87. The molecule has 1 N–H and O–H groups in total. The first kappa shape index (κ1) is 17.2. The Labute approximate surface area is 126 Å². The van der Waals surface area contributed by atoms with Crippen LogP contribution in [0.3, 0.4) is 0 Å². The van der Waals surface area contributed by atoms with E-state index in [2.05, 4.69) is 4.90 Å². The van der Waals surface area contributed by atoms with Crippen LogP contribution in [0.15, 0.2) is 18.2 Å².